The Morgan fingerprint density at radius 3 is 2.71 bits per heavy atom. The van der Waals surface area contributed by atoms with Gasteiger partial charge in [0.25, 0.3) is 0 Å². The maximum absolute atomic E-state index is 3.75. The molecule has 0 amide bonds. The molecule has 1 aliphatic carbocycles. The second kappa shape index (κ2) is 7.38. The fraction of sp³-hybridized carbons (Fsp3) is 1.00. The van der Waals surface area contributed by atoms with E-state index in [9.17, 15) is 0 Å². The minimum absolute atomic E-state index is 0.831. The topological polar surface area (TPSA) is 15.3 Å². The summed E-state index contributed by atoms with van der Waals surface area (Å²) < 4.78 is 0. The molecule has 1 N–H and O–H groups in total. The van der Waals surface area contributed by atoms with Crippen LogP contribution in [0.4, 0.5) is 0 Å². The van der Waals surface area contributed by atoms with E-state index in [4.69, 9.17) is 0 Å². The summed E-state index contributed by atoms with van der Waals surface area (Å²) in [6.07, 6.45) is 11.4. The highest BCUT2D eigenvalue weighted by Gasteiger charge is 2.21. The van der Waals surface area contributed by atoms with Gasteiger partial charge in [0.15, 0.2) is 0 Å². The molecule has 2 nitrogen and oxygen atoms in total. The van der Waals surface area contributed by atoms with E-state index in [1.807, 2.05) is 0 Å². The normalized spacial score (nSPS) is 27.7. The van der Waals surface area contributed by atoms with Crippen molar-refractivity contribution in [1.82, 2.24) is 10.2 Å². The molecule has 1 unspecified atom stereocenters. The molecular weight excluding hydrogens is 208 g/mol. The lowest BCUT2D eigenvalue weighted by atomic mass is 9.95. The van der Waals surface area contributed by atoms with E-state index < -0.39 is 0 Å². The molecule has 1 saturated carbocycles. The molecule has 0 aromatic rings. The molecule has 100 valence electrons. The Labute approximate surface area is 107 Å². The Bertz CT molecular complexity index is 199. The van der Waals surface area contributed by atoms with E-state index in [1.165, 1.54) is 77.5 Å². The standard InChI is InChI=1S/C15H30N2/c1-2-6-14-9-11-17(13-14)12-10-16-15-7-4-3-5-8-15/h14-16H,2-13H2,1H3. The van der Waals surface area contributed by atoms with Crippen molar-refractivity contribution >= 4 is 0 Å². The van der Waals surface area contributed by atoms with Gasteiger partial charge in [0.1, 0.15) is 0 Å². The van der Waals surface area contributed by atoms with Crippen LogP contribution in [0.15, 0.2) is 0 Å². The lowest BCUT2D eigenvalue weighted by molar-refractivity contribution is 0.297. The molecule has 2 aliphatic rings. The maximum Gasteiger partial charge on any atom is 0.0107 e. The minimum Gasteiger partial charge on any atom is -0.313 e. The average Bonchev–Trinajstić information content (AvgIpc) is 2.79. The van der Waals surface area contributed by atoms with Gasteiger partial charge in [-0.3, -0.25) is 0 Å². The lowest BCUT2D eigenvalue weighted by Gasteiger charge is -2.24. The number of likely N-dealkylation sites (tertiary alicyclic amines) is 1. The first-order valence-electron chi connectivity index (χ1n) is 7.84. The number of nitrogens with zero attached hydrogens (tertiary/aromatic N) is 1. The van der Waals surface area contributed by atoms with Crippen LogP contribution in [0.1, 0.15) is 58.3 Å². The van der Waals surface area contributed by atoms with E-state index in [2.05, 4.69) is 17.1 Å². The zero-order chi connectivity index (χ0) is 11.9. The SMILES string of the molecule is CCCC1CCN(CCNC2CCCCC2)C1. The Hall–Kier alpha value is -0.0800. The predicted octanol–water partition coefficient (Wildman–Crippen LogP) is 3.03. The van der Waals surface area contributed by atoms with E-state index in [-0.39, 0.29) is 0 Å². The lowest BCUT2D eigenvalue weighted by Crippen LogP contribution is -2.37. The molecule has 1 heterocycles. The van der Waals surface area contributed by atoms with Crippen LogP contribution in [0.2, 0.25) is 0 Å². The van der Waals surface area contributed by atoms with Gasteiger partial charge in [-0.15, -0.1) is 0 Å². The molecule has 0 radical (unpaired) electrons. The summed E-state index contributed by atoms with van der Waals surface area (Å²) in [5, 5.41) is 3.75. The Kier molecular flexibility index (Phi) is 5.79. The summed E-state index contributed by atoms with van der Waals surface area (Å²) in [4.78, 5) is 2.66. The highest BCUT2D eigenvalue weighted by molar-refractivity contribution is 4.77. The summed E-state index contributed by atoms with van der Waals surface area (Å²) in [6.45, 7) is 7.50. The third-order valence-electron chi connectivity index (χ3n) is 4.53. The van der Waals surface area contributed by atoms with Crippen molar-refractivity contribution in [2.45, 2.75) is 64.3 Å². The second-order valence-electron chi connectivity index (χ2n) is 6.03. The van der Waals surface area contributed by atoms with Gasteiger partial charge in [-0.2, -0.15) is 0 Å². The molecule has 1 saturated heterocycles. The number of rotatable bonds is 6. The monoisotopic (exact) mass is 238 g/mol. The van der Waals surface area contributed by atoms with Crippen LogP contribution in [-0.2, 0) is 0 Å². The molecule has 17 heavy (non-hydrogen) atoms. The molecule has 2 heteroatoms. The number of hydrogen-bond acceptors (Lipinski definition) is 2. The third kappa shape index (κ3) is 4.59. The Morgan fingerprint density at radius 1 is 1.12 bits per heavy atom. The van der Waals surface area contributed by atoms with Gasteiger partial charge in [0.05, 0.1) is 0 Å². The molecule has 2 rings (SSSR count). The van der Waals surface area contributed by atoms with E-state index >= 15 is 0 Å². The van der Waals surface area contributed by atoms with E-state index in [1.54, 1.807) is 0 Å². The van der Waals surface area contributed by atoms with Crippen molar-refractivity contribution in [3.05, 3.63) is 0 Å². The zero-order valence-electron chi connectivity index (χ0n) is 11.6. The van der Waals surface area contributed by atoms with Crippen LogP contribution in [0.3, 0.4) is 0 Å². The molecule has 2 fully saturated rings. The van der Waals surface area contributed by atoms with Gasteiger partial charge in [-0.1, -0.05) is 32.6 Å². The average molecular weight is 238 g/mol. The second-order valence-corrected chi connectivity index (χ2v) is 6.03. The van der Waals surface area contributed by atoms with E-state index in [0.717, 1.165) is 12.0 Å². The van der Waals surface area contributed by atoms with Crippen molar-refractivity contribution in [3.63, 3.8) is 0 Å². The maximum atomic E-state index is 3.75. The van der Waals surface area contributed by atoms with Gasteiger partial charge < -0.3 is 10.2 Å². The molecule has 1 atom stereocenters. The third-order valence-corrected chi connectivity index (χ3v) is 4.53. The van der Waals surface area contributed by atoms with Crippen LogP contribution in [0.25, 0.3) is 0 Å². The van der Waals surface area contributed by atoms with Gasteiger partial charge in [-0.25, -0.2) is 0 Å². The number of nitrogens with one attached hydrogen (secondary N) is 1. The quantitative estimate of drug-likeness (QED) is 0.765. The molecule has 0 aromatic heterocycles. The minimum atomic E-state index is 0.831. The van der Waals surface area contributed by atoms with Gasteiger partial charge in [-0.05, 0) is 38.1 Å². The van der Waals surface area contributed by atoms with Crippen molar-refractivity contribution in [3.8, 4) is 0 Å². The molecule has 0 aromatic carbocycles. The molecular formula is C15H30N2. The van der Waals surface area contributed by atoms with Gasteiger partial charge >= 0.3 is 0 Å². The summed E-state index contributed by atoms with van der Waals surface area (Å²) in [7, 11) is 0. The summed E-state index contributed by atoms with van der Waals surface area (Å²) in [6, 6.07) is 0.831. The molecule has 0 bridgehead atoms. The molecule has 0 spiro atoms. The smallest absolute Gasteiger partial charge is 0.0107 e. The van der Waals surface area contributed by atoms with Crippen molar-refractivity contribution in [2.75, 3.05) is 26.2 Å². The van der Waals surface area contributed by atoms with Crippen LogP contribution in [-0.4, -0.2) is 37.1 Å². The van der Waals surface area contributed by atoms with Gasteiger partial charge in [0.2, 0.25) is 0 Å². The van der Waals surface area contributed by atoms with Crippen LogP contribution in [0.5, 0.6) is 0 Å². The Balaban J connectivity index is 1.53. The van der Waals surface area contributed by atoms with Crippen molar-refractivity contribution in [2.24, 2.45) is 5.92 Å². The predicted molar refractivity (Wildman–Crippen MR) is 74.3 cm³/mol. The summed E-state index contributed by atoms with van der Waals surface area (Å²) in [5.41, 5.74) is 0. The first-order chi connectivity index (χ1) is 8.38. The molecule has 1 aliphatic heterocycles. The van der Waals surface area contributed by atoms with Crippen LogP contribution >= 0.6 is 0 Å². The van der Waals surface area contributed by atoms with Gasteiger partial charge in [0, 0.05) is 25.7 Å². The van der Waals surface area contributed by atoms with Crippen molar-refractivity contribution in [1.29, 1.82) is 0 Å². The zero-order valence-corrected chi connectivity index (χ0v) is 11.6. The highest BCUT2D eigenvalue weighted by atomic mass is 15.2. The van der Waals surface area contributed by atoms with Crippen LogP contribution in [0, 0.1) is 5.92 Å². The first kappa shape index (κ1) is 13.4. The fourth-order valence-corrected chi connectivity index (χ4v) is 3.49. The summed E-state index contributed by atoms with van der Waals surface area (Å²) >= 11 is 0. The Morgan fingerprint density at radius 2 is 1.94 bits per heavy atom. The highest BCUT2D eigenvalue weighted by Crippen LogP contribution is 2.20. The first-order valence-corrected chi connectivity index (χ1v) is 7.84. The number of hydrogen-bond donors (Lipinski definition) is 1. The van der Waals surface area contributed by atoms with Crippen molar-refractivity contribution < 1.29 is 0 Å². The summed E-state index contributed by atoms with van der Waals surface area (Å²) in [5.74, 6) is 0.995. The fourth-order valence-electron chi connectivity index (χ4n) is 3.49. The van der Waals surface area contributed by atoms with E-state index in [0.29, 0.717) is 0 Å². The van der Waals surface area contributed by atoms with Crippen LogP contribution < -0.4 is 5.32 Å². The largest absolute Gasteiger partial charge is 0.313 e.